The molecule has 0 aliphatic rings. The first kappa shape index (κ1) is 19.8. The number of nitrogens with one attached hydrogen (secondary N) is 1. The van der Waals surface area contributed by atoms with Crippen molar-refractivity contribution in [2.45, 2.75) is 19.4 Å². The minimum absolute atomic E-state index is 0. The highest BCUT2D eigenvalue weighted by atomic mass is 35.5. The third kappa shape index (κ3) is 5.25. The van der Waals surface area contributed by atoms with Gasteiger partial charge in [0.25, 0.3) is 0 Å². The van der Waals surface area contributed by atoms with Gasteiger partial charge in [0.1, 0.15) is 11.6 Å². The van der Waals surface area contributed by atoms with Crippen LogP contribution >= 0.6 is 12.4 Å². The van der Waals surface area contributed by atoms with Crippen molar-refractivity contribution in [2.24, 2.45) is 0 Å². The molecule has 6 heteroatoms. The Labute approximate surface area is 160 Å². The minimum Gasteiger partial charge on any atom is -0.497 e. The van der Waals surface area contributed by atoms with Crippen LogP contribution < -0.4 is 15.8 Å². The van der Waals surface area contributed by atoms with Crippen molar-refractivity contribution in [1.82, 2.24) is 15.1 Å². The predicted molar refractivity (Wildman–Crippen MR) is 108 cm³/mol. The average Bonchev–Trinajstić information content (AvgIpc) is 3.03. The number of aryl methyl sites for hydroxylation is 1. The summed E-state index contributed by atoms with van der Waals surface area (Å²) in [5, 5.41) is 8.06. The zero-order valence-electron chi connectivity index (χ0n) is 14.9. The van der Waals surface area contributed by atoms with Crippen molar-refractivity contribution in [3.63, 3.8) is 0 Å². The largest absolute Gasteiger partial charge is 0.497 e. The number of ether oxygens (including phenoxy) is 1. The number of nitrogen functional groups attached to an aromatic ring is 1. The summed E-state index contributed by atoms with van der Waals surface area (Å²) >= 11 is 0. The highest BCUT2D eigenvalue weighted by molar-refractivity contribution is 5.85. The van der Waals surface area contributed by atoms with E-state index in [0.717, 1.165) is 43.1 Å². The van der Waals surface area contributed by atoms with E-state index < -0.39 is 0 Å². The van der Waals surface area contributed by atoms with Crippen molar-refractivity contribution >= 4 is 18.2 Å². The molecule has 26 heavy (non-hydrogen) atoms. The molecule has 2 aromatic carbocycles. The molecular weight excluding hydrogens is 348 g/mol. The number of nitrogens with zero attached hydrogens (tertiary/aromatic N) is 2. The molecule has 0 saturated heterocycles. The molecular formula is C20H25ClN4O. The molecule has 0 amide bonds. The van der Waals surface area contributed by atoms with Gasteiger partial charge < -0.3 is 15.8 Å². The van der Waals surface area contributed by atoms with Gasteiger partial charge in [-0.2, -0.15) is 5.10 Å². The Balaban J connectivity index is 0.00000243. The van der Waals surface area contributed by atoms with E-state index in [2.05, 4.69) is 22.5 Å². The van der Waals surface area contributed by atoms with E-state index in [1.165, 1.54) is 5.56 Å². The van der Waals surface area contributed by atoms with Crippen LogP contribution in [0.25, 0.3) is 5.69 Å². The SMILES string of the molecule is COc1ccc(CNCCCc2cc(N)n(-c3ccccc3)n2)cc1.Cl. The Morgan fingerprint density at radius 1 is 1.08 bits per heavy atom. The number of benzene rings is 2. The second-order valence-corrected chi connectivity index (χ2v) is 5.94. The molecule has 138 valence electrons. The Kier molecular flexibility index (Phi) is 7.51. The monoisotopic (exact) mass is 372 g/mol. The van der Waals surface area contributed by atoms with Crippen molar-refractivity contribution in [2.75, 3.05) is 19.4 Å². The van der Waals surface area contributed by atoms with Gasteiger partial charge in [-0.05, 0) is 49.2 Å². The maximum absolute atomic E-state index is 6.08. The molecule has 0 saturated carbocycles. The molecule has 1 heterocycles. The summed E-state index contributed by atoms with van der Waals surface area (Å²) in [5.74, 6) is 1.56. The molecule has 3 N–H and O–H groups in total. The quantitative estimate of drug-likeness (QED) is 0.593. The van der Waals surface area contributed by atoms with Crippen LogP contribution in [-0.2, 0) is 13.0 Å². The normalized spacial score (nSPS) is 10.3. The van der Waals surface area contributed by atoms with Gasteiger partial charge in [-0.15, -0.1) is 12.4 Å². The molecule has 3 aromatic rings. The molecule has 0 atom stereocenters. The zero-order valence-corrected chi connectivity index (χ0v) is 15.7. The lowest BCUT2D eigenvalue weighted by atomic mass is 10.2. The molecule has 0 radical (unpaired) electrons. The fourth-order valence-corrected chi connectivity index (χ4v) is 2.72. The summed E-state index contributed by atoms with van der Waals surface area (Å²) in [6.07, 6.45) is 1.92. The summed E-state index contributed by atoms with van der Waals surface area (Å²) in [5.41, 5.74) is 9.34. The van der Waals surface area contributed by atoms with Gasteiger partial charge in [0.2, 0.25) is 0 Å². The number of anilines is 1. The van der Waals surface area contributed by atoms with E-state index in [1.54, 1.807) is 11.8 Å². The molecule has 0 fully saturated rings. The predicted octanol–water partition coefficient (Wildman–Crippen LogP) is 3.61. The number of rotatable bonds is 8. The third-order valence-corrected chi connectivity index (χ3v) is 4.06. The number of methoxy groups -OCH3 is 1. The number of aromatic nitrogens is 2. The van der Waals surface area contributed by atoms with E-state index in [4.69, 9.17) is 10.5 Å². The van der Waals surface area contributed by atoms with Crippen LogP contribution in [0.5, 0.6) is 5.75 Å². The van der Waals surface area contributed by atoms with Crippen LogP contribution in [0.2, 0.25) is 0 Å². The Bertz CT molecular complexity index is 787. The highest BCUT2D eigenvalue weighted by Gasteiger charge is 2.06. The van der Waals surface area contributed by atoms with Crippen LogP contribution in [0.4, 0.5) is 5.82 Å². The minimum atomic E-state index is 0. The first-order chi connectivity index (χ1) is 12.3. The molecule has 5 nitrogen and oxygen atoms in total. The number of nitrogens with two attached hydrogens (primary N) is 1. The van der Waals surface area contributed by atoms with Crippen molar-refractivity contribution in [3.8, 4) is 11.4 Å². The number of halogens is 1. The smallest absolute Gasteiger partial charge is 0.127 e. The molecule has 0 aliphatic carbocycles. The highest BCUT2D eigenvalue weighted by Crippen LogP contribution is 2.15. The average molecular weight is 373 g/mol. The summed E-state index contributed by atoms with van der Waals surface area (Å²) in [6, 6.07) is 20.0. The van der Waals surface area contributed by atoms with E-state index in [1.807, 2.05) is 48.5 Å². The molecule has 0 bridgehead atoms. The third-order valence-electron chi connectivity index (χ3n) is 4.06. The van der Waals surface area contributed by atoms with Crippen molar-refractivity contribution in [3.05, 3.63) is 71.9 Å². The number of para-hydroxylation sites is 1. The fraction of sp³-hybridized carbons (Fsp3) is 0.250. The van der Waals surface area contributed by atoms with E-state index in [9.17, 15) is 0 Å². The van der Waals surface area contributed by atoms with E-state index in [-0.39, 0.29) is 12.4 Å². The zero-order chi connectivity index (χ0) is 17.5. The van der Waals surface area contributed by atoms with Crippen molar-refractivity contribution < 1.29 is 4.74 Å². The lowest BCUT2D eigenvalue weighted by Gasteiger charge is -2.05. The Morgan fingerprint density at radius 2 is 1.81 bits per heavy atom. The van der Waals surface area contributed by atoms with Crippen LogP contribution in [-0.4, -0.2) is 23.4 Å². The maximum Gasteiger partial charge on any atom is 0.127 e. The fourth-order valence-electron chi connectivity index (χ4n) is 2.72. The van der Waals surface area contributed by atoms with E-state index >= 15 is 0 Å². The van der Waals surface area contributed by atoms with Gasteiger partial charge in [0.05, 0.1) is 18.5 Å². The lowest BCUT2D eigenvalue weighted by molar-refractivity contribution is 0.414. The first-order valence-electron chi connectivity index (χ1n) is 8.50. The Morgan fingerprint density at radius 3 is 2.50 bits per heavy atom. The Hall–Kier alpha value is -2.50. The summed E-state index contributed by atoms with van der Waals surface area (Å²) < 4.78 is 6.96. The molecule has 1 aromatic heterocycles. The van der Waals surface area contributed by atoms with Gasteiger partial charge >= 0.3 is 0 Å². The standard InChI is InChI=1S/C20H24N4O.ClH/c1-25-19-11-9-16(10-12-19)15-22-13-5-6-17-14-20(21)24(23-17)18-7-3-2-4-8-18;/h2-4,7-12,14,22H,5-6,13,15,21H2,1H3;1H. The molecule has 0 unspecified atom stereocenters. The summed E-state index contributed by atoms with van der Waals surface area (Å²) in [6.45, 7) is 1.79. The first-order valence-corrected chi connectivity index (χ1v) is 8.50. The van der Waals surface area contributed by atoms with Gasteiger partial charge in [-0.25, -0.2) is 4.68 Å². The number of hydrogen-bond donors (Lipinski definition) is 2. The van der Waals surface area contributed by atoms with Crippen molar-refractivity contribution in [1.29, 1.82) is 0 Å². The summed E-state index contributed by atoms with van der Waals surface area (Å²) in [4.78, 5) is 0. The maximum atomic E-state index is 6.08. The van der Waals surface area contributed by atoms with Gasteiger partial charge in [-0.1, -0.05) is 30.3 Å². The van der Waals surface area contributed by atoms with Gasteiger partial charge in [-0.3, -0.25) is 0 Å². The summed E-state index contributed by atoms with van der Waals surface area (Å²) in [7, 11) is 1.68. The van der Waals surface area contributed by atoms with E-state index in [0.29, 0.717) is 5.82 Å². The molecule has 3 rings (SSSR count). The number of hydrogen-bond acceptors (Lipinski definition) is 4. The topological polar surface area (TPSA) is 65.1 Å². The molecule has 0 aliphatic heterocycles. The van der Waals surface area contributed by atoms with Gasteiger partial charge in [0, 0.05) is 12.6 Å². The lowest BCUT2D eigenvalue weighted by Crippen LogP contribution is -2.15. The van der Waals surface area contributed by atoms with Crippen LogP contribution in [0.3, 0.4) is 0 Å². The molecule has 0 spiro atoms. The van der Waals surface area contributed by atoms with Crippen LogP contribution in [0, 0.1) is 0 Å². The second kappa shape index (κ2) is 9.85. The van der Waals surface area contributed by atoms with Crippen LogP contribution in [0.1, 0.15) is 17.7 Å². The second-order valence-electron chi connectivity index (χ2n) is 5.94. The van der Waals surface area contributed by atoms with Crippen LogP contribution in [0.15, 0.2) is 60.7 Å². The van der Waals surface area contributed by atoms with Gasteiger partial charge in [0.15, 0.2) is 0 Å².